The number of alkyl halides is 3. The van der Waals surface area contributed by atoms with Gasteiger partial charge in [-0.3, -0.25) is 9.36 Å². The molecule has 5 nitrogen and oxygen atoms in total. The smallest absolute Gasteiger partial charge is 0.346 e. The molecule has 2 aromatic carbocycles. The number of fused-ring (bicyclic) bond motifs is 3. The second-order valence-electron chi connectivity index (χ2n) is 9.14. The van der Waals surface area contributed by atoms with Crippen molar-refractivity contribution in [1.82, 2.24) is 5.32 Å². The fourth-order valence-electron chi connectivity index (χ4n) is 4.52. The van der Waals surface area contributed by atoms with E-state index in [9.17, 15) is 22.5 Å². The van der Waals surface area contributed by atoms with Crippen LogP contribution in [0.1, 0.15) is 57.1 Å². The molecule has 0 fully saturated rings. The first kappa shape index (κ1) is 29.2. The zero-order chi connectivity index (χ0) is 26.9. The molecule has 0 heterocycles. The van der Waals surface area contributed by atoms with Gasteiger partial charge in [-0.15, -0.1) is 0 Å². The van der Waals surface area contributed by atoms with E-state index in [1.54, 1.807) is 36.4 Å². The lowest BCUT2D eigenvalue weighted by Crippen LogP contribution is -2.46. The van der Waals surface area contributed by atoms with Crippen molar-refractivity contribution >= 4 is 13.5 Å². The van der Waals surface area contributed by atoms with Crippen LogP contribution in [0.25, 0.3) is 11.1 Å². The molecule has 0 radical (unpaired) electrons. The van der Waals surface area contributed by atoms with Gasteiger partial charge < -0.3 is 14.4 Å². The number of hydrogen-bond acceptors (Lipinski definition) is 4. The third-order valence-electron chi connectivity index (χ3n) is 6.39. The van der Waals surface area contributed by atoms with Crippen LogP contribution in [0.5, 0.6) is 0 Å². The Balaban J connectivity index is 1.91. The summed E-state index contributed by atoms with van der Waals surface area (Å²) in [6.07, 6.45) is 2.20. The summed E-state index contributed by atoms with van der Waals surface area (Å²) >= 11 is 0. The highest BCUT2D eigenvalue weighted by Crippen LogP contribution is 2.52. The van der Waals surface area contributed by atoms with Crippen molar-refractivity contribution in [3.63, 3.8) is 0 Å². The minimum Gasteiger partial charge on any atom is -0.346 e. The minimum absolute atomic E-state index is 0.0178. The van der Waals surface area contributed by atoms with E-state index in [0.717, 1.165) is 36.8 Å². The summed E-state index contributed by atoms with van der Waals surface area (Å²) in [6.45, 7) is 3.23. The van der Waals surface area contributed by atoms with Crippen molar-refractivity contribution in [3.8, 4) is 11.1 Å². The van der Waals surface area contributed by atoms with E-state index >= 15 is 0 Å². The standard InChI is InChI=1S/C28H35F3NO4P/c1-3-5-18-35-37(34,36-19-6-4-2)20-12-11-17-27(26(33)32-21-28(29,30)31)24-15-9-7-13-22(24)23-14-8-10-16-25(23)27/h7-16H,3-6,17-21H2,1-2H3,(H,32,33)/b12-11+. The number of hydrogen-bond donors (Lipinski definition) is 1. The van der Waals surface area contributed by atoms with Crippen molar-refractivity contribution in [2.45, 2.75) is 57.5 Å². The van der Waals surface area contributed by atoms with E-state index in [-0.39, 0.29) is 12.6 Å². The average molecular weight is 538 g/mol. The maximum Gasteiger partial charge on any atom is 0.405 e. The van der Waals surface area contributed by atoms with Crippen LogP contribution >= 0.6 is 7.60 Å². The Morgan fingerprint density at radius 3 is 1.92 bits per heavy atom. The fourth-order valence-corrected chi connectivity index (χ4v) is 6.02. The quantitative estimate of drug-likeness (QED) is 0.155. The van der Waals surface area contributed by atoms with Crippen LogP contribution < -0.4 is 5.32 Å². The first-order valence-electron chi connectivity index (χ1n) is 12.7. The van der Waals surface area contributed by atoms with E-state index in [1.807, 2.05) is 38.1 Å². The monoisotopic (exact) mass is 537 g/mol. The van der Waals surface area contributed by atoms with Crippen molar-refractivity contribution in [3.05, 3.63) is 71.8 Å². The van der Waals surface area contributed by atoms with Gasteiger partial charge in [0, 0.05) is 0 Å². The average Bonchev–Trinajstić information content (AvgIpc) is 3.16. The molecule has 0 saturated heterocycles. The summed E-state index contributed by atoms with van der Waals surface area (Å²) in [5.74, 6) is -0.728. The normalized spacial score (nSPS) is 14.5. The van der Waals surface area contributed by atoms with Gasteiger partial charge in [0.1, 0.15) is 12.0 Å². The fraction of sp³-hybridized carbons (Fsp3) is 0.464. The van der Waals surface area contributed by atoms with Gasteiger partial charge in [0.15, 0.2) is 0 Å². The Hall–Kier alpha value is -2.41. The van der Waals surface area contributed by atoms with E-state index < -0.39 is 31.6 Å². The molecule has 202 valence electrons. The molecule has 1 N–H and O–H groups in total. The summed E-state index contributed by atoms with van der Waals surface area (Å²) < 4.78 is 63.6. The summed E-state index contributed by atoms with van der Waals surface area (Å²) in [4.78, 5) is 13.5. The van der Waals surface area contributed by atoms with Gasteiger partial charge in [0.2, 0.25) is 5.91 Å². The number of nitrogens with one attached hydrogen (secondary N) is 1. The minimum atomic E-state index is -4.54. The molecule has 0 atom stereocenters. The van der Waals surface area contributed by atoms with Crippen molar-refractivity contribution in [2.75, 3.05) is 25.9 Å². The van der Waals surface area contributed by atoms with Crippen LogP contribution in [-0.4, -0.2) is 38.0 Å². The maximum atomic E-state index is 13.5. The predicted octanol–water partition coefficient (Wildman–Crippen LogP) is 7.40. The highest BCUT2D eigenvalue weighted by Gasteiger charge is 2.48. The Morgan fingerprint density at radius 1 is 0.919 bits per heavy atom. The molecule has 1 aliphatic rings. The number of halogens is 3. The zero-order valence-corrected chi connectivity index (χ0v) is 22.2. The molecule has 0 aromatic heterocycles. The van der Waals surface area contributed by atoms with E-state index in [2.05, 4.69) is 5.32 Å². The number of carbonyl (C=O) groups is 1. The lowest BCUT2D eigenvalue weighted by Gasteiger charge is -2.30. The van der Waals surface area contributed by atoms with Gasteiger partial charge in [0.25, 0.3) is 0 Å². The molecular weight excluding hydrogens is 502 g/mol. The Kier molecular flexibility index (Phi) is 10.2. The van der Waals surface area contributed by atoms with Crippen LogP contribution in [0.15, 0.2) is 60.7 Å². The van der Waals surface area contributed by atoms with Gasteiger partial charge in [-0.05, 0) is 41.5 Å². The SMILES string of the molecule is CCCCOP(=O)(C/C=C/CC1(C(=O)NCC(F)(F)F)c2ccccc2-c2ccccc21)OCCCC. The Morgan fingerprint density at radius 2 is 1.43 bits per heavy atom. The van der Waals surface area contributed by atoms with Gasteiger partial charge in [-0.1, -0.05) is 87.4 Å². The number of unbranched alkanes of at least 4 members (excludes halogenated alkanes) is 2. The molecule has 1 amide bonds. The third-order valence-corrected chi connectivity index (χ3v) is 8.20. The number of benzene rings is 2. The maximum absolute atomic E-state index is 13.5. The first-order valence-corrected chi connectivity index (χ1v) is 14.5. The van der Waals surface area contributed by atoms with Crippen LogP contribution in [0.4, 0.5) is 13.2 Å². The molecular formula is C28H35F3NO4P. The lowest BCUT2D eigenvalue weighted by atomic mass is 9.74. The van der Waals surface area contributed by atoms with Gasteiger partial charge in [0.05, 0.1) is 19.4 Å². The van der Waals surface area contributed by atoms with E-state index in [1.165, 1.54) is 0 Å². The second-order valence-corrected chi connectivity index (χ2v) is 11.2. The highest BCUT2D eigenvalue weighted by atomic mass is 31.2. The second kappa shape index (κ2) is 12.9. The largest absolute Gasteiger partial charge is 0.405 e. The topological polar surface area (TPSA) is 64.6 Å². The third kappa shape index (κ3) is 7.13. The summed E-state index contributed by atoms with van der Waals surface area (Å²) in [5.41, 5.74) is 1.55. The summed E-state index contributed by atoms with van der Waals surface area (Å²) in [5, 5.41) is 2.11. The molecule has 0 bridgehead atoms. The molecule has 1 aliphatic carbocycles. The van der Waals surface area contributed by atoms with Crippen LogP contribution in [-0.2, 0) is 23.8 Å². The van der Waals surface area contributed by atoms with Crippen molar-refractivity contribution in [1.29, 1.82) is 0 Å². The Bertz CT molecular complexity index is 1070. The van der Waals surface area contributed by atoms with Gasteiger partial charge in [-0.2, -0.15) is 13.2 Å². The number of allylic oxidation sites excluding steroid dienone is 2. The van der Waals surface area contributed by atoms with E-state index in [4.69, 9.17) is 9.05 Å². The van der Waals surface area contributed by atoms with Crippen LogP contribution in [0.3, 0.4) is 0 Å². The molecule has 0 unspecified atom stereocenters. The predicted molar refractivity (Wildman–Crippen MR) is 140 cm³/mol. The molecule has 0 spiro atoms. The lowest BCUT2D eigenvalue weighted by molar-refractivity contribution is -0.140. The molecule has 0 saturated carbocycles. The number of carbonyl (C=O) groups excluding carboxylic acids is 1. The van der Waals surface area contributed by atoms with Gasteiger partial charge in [-0.25, -0.2) is 0 Å². The number of amides is 1. The van der Waals surface area contributed by atoms with Crippen molar-refractivity contribution < 1.29 is 31.6 Å². The number of rotatable bonds is 14. The molecule has 2 aromatic rings. The highest BCUT2D eigenvalue weighted by molar-refractivity contribution is 7.54. The first-order chi connectivity index (χ1) is 17.7. The van der Waals surface area contributed by atoms with Crippen LogP contribution in [0.2, 0.25) is 0 Å². The van der Waals surface area contributed by atoms with Crippen LogP contribution in [0, 0.1) is 0 Å². The molecule has 37 heavy (non-hydrogen) atoms. The van der Waals surface area contributed by atoms with E-state index in [0.29, 0.717) is 24.3 Å². The Labute approximate surface area is 217 Å². The van der Waals surface area contributed by atoms with Crippen molar-refractivity contribution in [2.24, 2.45) is 0 Å². The molecule has 3 rings (SSSR count). The summed E-state index contributed by atoms with van der Waals surface area (Å²) in [7, 11) is -3.39. The summed E-state index contributed by atoms with van der Waals surface area (Å²) in [6, 6.07) is 14.5. The molecule has 0 aliphatic heterocycles. The zero-order valence-electron chi connectivity index (χ0n) is 21.4. The molecule has 9 heteroatoms. The van der Waals surface area contributed by atoms with Gasteiger partial charge >= 0.3 is 13.8 Å².